The van der Waals surface area contributed by atoms with Crippen LogP contribution in [0.5, 0.6) is 0 Å². The van der Waals surface area contributed by atoms with Crippen LogP contribution in [-0.2, 0) is 6.54 Å². The number of hydrogen-bond acceptors (Lipinski definition) is 5. The maximum Gasteiger partial charge on any atom is 0.226 e. The van der Waals surface area contributed by atoms with Crippen molar-refractivity contribution < 1.29 is 0 Å². The summed E-state index contributed by atoms with van der Waals surface area (Å²) < 4.78 is 1.75. The summed E-state index contributed by atoms with van der Waals surface area (Å²) in [7, 11) is 0. The first-order valence-electron chi connectivity index (χ1n) is 8.82. The summed E-state index contributed by atoms with van der Waals surface area (Å²) in [6, 6.07) is 19.4. The van der Waals surface area contributed by atoms with Crippen LogP contribution in [0.3, 0.4) is 0 Å². The van der Waals surface area contributed by atoms with E-state index in [4.69, 9.17) is 21.6 Å². The SMILES string of the molecule is Clc1ccc(CNc2nc3ccccc3c3nc(-c4cccnc4)nn23)cc1. The number of anilines is 1. The highest BCUT2D eigenvalue weighted by molar-refractivity contribution is 6.30. The molecule has 5 aromatic rings. The normalized spacial score (nSPS) is 11.2. The smallest absolute Gasteiger partial charge is 0.226 e. The minimum Gasteiger partial charge on any atom is -0.350 e. The van der Waals surface area contributed by atoms with Crippen LogP contribution in [0, 0.1) is 0 Å². The number of pyridine rings is 1. The van der Waals surface area contributed by atoms with Gasteiger partial charge in [-0.2, -0.15) is 4.52 Å². The predicted octanol–water partition coefficient (Wildman–Crippen LogP) is 4.61. The van der Waals surface area contributed by atoms with Crippen molar-refractivity contribution in [3.05, 3.63) is 83.6 Å². The summed E-state index contributed by atoms with van der Waals surface area (Å²) in [5.74, 6) is 1.24. The lowest BCUT2D eigenvalue weighted by Gasteiger charge is -2.09. The molecule has 136 valence electrons. The molecule has 0 amide bonds. The molecule has 0 atom stereocenters. The second kappa shape index (κ2) is 6.90. The van der Waals surface area contributed by atoms with Gasteiger partial charge in [-0.1, -0.05) is 35.9 Å². The van der Waals surface area contributed by atoms with Crippen LogP contribution in [0.15, 0.2) is 73.1 Å². The van der Waals surface area contributed by atoms with E-state index >= 15 is 0 Å². The zero-order chi connectivity index (χ0) is 18.9. The zero-order valence-corrected chi connectivity index (χ0v) is 15.5. The van der Waals surface area contributed by atoms with Crippen LogP contribution < -0.4 is 5.32 Å². The molecule has 1 N–H and O–H groups in total. The summed E-state index contributed by atoms with van der Waals surface area (Å²) in [5, 5.41) is 9.71. The fourth-order valence-electron chi connectivity index (χ4n) is 3.07. The molecule has 7 heteroatoms. The number of halogens is 1. The second-order valence-corrected chi connectivity index (χ2v) is 6.78. The van der Waals surface area contributed by atoms with Gasteiger partial charge >= 0.3 is 0 Å². The zero-order valence-electron chi connectivity index (χ0n) is 14.7. The number of para-hydroxylation sites is 1. The van der Waals surface area contributed by atoms with Gasteiger partial charge in [0.2, 0.25) is 5.95 Å². The average molecular weight is 387 g/mol. The molecule has 0 aliphatic rings. The first-order valence-corrected chi connectivity index (χ1v) is 9.20. The summed E-state index contributed by atoms with van der Waals surface area (Å²) in [6.45, 7) is 0.597. The second-order valence-electron chi connectivity index (χ2n) is 6.35. The Bertz CT molecular complexity index is 1270. The molecule has 0 fully saturated rings. The van der Waals surface area contributed by atoms with Gasteiger partial charge in [0.05, 0.1) is 5.52 Å². The minimum atomic E-state index is 0.597. The Morgan fingerprint density at radius 2 is 1.79 bits per heavy atom. The summed E-state index contributed by atoms with van der Waals surface area (Å²) in [5.41, 5.74) is 3.57. The average Bonchev–Trinajstić information content (AvgIpc) is 3.20. The maximum atomic E-state index is 5.97. The fourth-order valence-corrected chi connectivity index (χ4v) is 3.20. The third kappa shape index (κ3) is 3.04. The molecule has 2 aromatic carbocycles. The topological polar surface area (TPSA) is 68.0 Å². The van der Waals surface area contributed by atoms with Gasteiger partial charge in [-0.3, -0.25) is 4.98 Å². The minimum absolute atomic E-state index is 0.597. The predicted molar refractivity (Wildman–Crippen MR) is 110 cm³/mol. The van der Waals surface area contributed by atoms with E-state index in [2.05, 4.69) is 15.4 Å². The lowest BCUT2D eigenvalue weighted by atomic mass is 10.2. The van der Waals surface area contributed by atoms with Crippen molar-refractivity contribution in [2.75, 3.05) is 5.32 Å². The van der Waals surface area contributed by atoms with Crippen LogP contribution in [0.2, 0.25) is 5.02 Å². The number of nitrogens with one attached hydrogen (secondary N) is 1. The lowest BCUT2D eigenvalue weighted by molar-refractivity contribution is 0.920. The molecule has 5 rings (SSSR count). The molecule has 0 saturated carbocycles. The third-order valence-electron chi connectivity index (χ3n) is 4.46. The molecule has 6 nitrogen and oxygen atoms in total. The highest BCUT2D eigenvalue weighted by Gasteiger charge is 2.14. The van der Waals surface area contributed by atoms with Gasteiger partial charge in [-0.15, -0.1) is 5.10 Å². The first kappa shape index (κ1) is 16.6. The van der Waals surface area contributed by atoms with Crippen molar-refractivity contribution >= 4 is 34.1 Å². The standard InChI is InChI=1S/C21H15ClN6/c22-16-9-7-14(8-10-16)12-24-21-25-18-6-2-1-5-17(18)20-26-19(27-28(20)21)15-4-3-11-23-13-15/h1-11,13H,12H2,(H,24,25). The third-order valence-corrected chi connectivity index (χ3v) is 4.71. The van der Waals surface area contributed by atoms with Crippen LogP contribution in [0.25, 0.3) is 27.9 Å². The number of fused-ring (bicyclic) bond motifs is 3. The number of rotatable bonds is 4. The Morgan fingerprint density at radius 3 is 2.61 bits per heavy atom. The Morgan fingerprint density at radius 1 is 0.929 bits per heavy atom. The van der Waals surface area contributed by atoms with Crippen LogP contribution in [-0.4, -0.2) is 24.6 Å². The molecule has 3 aromatic heterocycles. The van der Waals surface area contributed by atoms with Gasteiger partial charge in [-0.25, -0.2) is 9.97 Å². The number of benzene rings is 2. The van der Waals surface area contributed by atoms with E-state index in [1.165, 1.54) is 0 Å². The summed E-state index contributed by atoms with van der Waals surface area (Å²) in [6.07, 6.45) is 3.49. The van der Waals surface area contributed by atoms with E-state index in [0.29, 0.717) is 23.3 Å². The van der Waals surface area contributed by atoms with Gasteiger partial charge in [0, 0.05) is 34.9 Å². The van der Waals surface area contributed by atoms with Crippen LogP contribution in [0.1, 0.15) is 5.56 Å². The van der Waals surface area contributed by atoms with E-state index in [1.54, 1.807) is 16.9 Å². The van der Waals surface area contributed by atoms with Crippen molar-refractivity contribution in [2.24, 2.45) is 0 Å². The van der Waals surface area contributed by atoms with E-state index in [1.807, 2.05) is 60.7 Å². The molecule has 0 unspecified atom stereocenters. The van der Waals surface area contributed by atoms with Gasteiger partial charge in [-0.05, 0) is 42.0 Å². The highest BCUT2D eigenvalue weighted by atomic mass is 35.5. The van der Waals surface area contributed by atoms with Gasteiger partial charge < -0.3 is 5.32 Å². The van der Waals surface area contributed by atoms with Gasteiger partial charge in [0.15, 0.2) is 11.5 Å². The van der Waals surface area contributed by atoms with Crippen LogP contribution in [0.4, 0.5) is 5.95 Å². The van der Waals surface area contributed by atoms with E-state index < -0.39 is 0 Å². The molecule has 0 radical (unpaired) electrons. The Hall–Kier alpha value is -3.51. The molecule has 3 heterocycles. The first-order chi connectivity index (χ1) is 13.8. The van der Waals surface area contributed by atoms with E-state index in [-0.39, 0.29) is 0 Å². The molecule has 0 aliphatic carbocycles. The summed E-state index contributed by atoms with van der Waals surface area (Å²) in [4.78, 5) is 13.7. The van der Waals surface area contributed by atoms with Gasteiger partial charge in [0.25, 0.3) is 0 Å². The van der Waals surface area contributed by atoms with E-state index in [0.717, 1.165) is 27.7 Å². The van der Waals surface area contributed by atoms with Crippen molar-refractivity contribution in [3.8, 4) is 11.4 Å². The Labute approximate surface area is 165 Å². The van der Waals surface area contributed by atoms with Crippen LogP contribution >= 0.6 is 11.6 Å². The van der Waals surface area contributed by atoms with Crippen molar-refractivity contribution in [2.45, 2.75) is 6.54 Å². The molecule has 28 heavy (non-hydrogen) atoms. The molecule has 0 saturated heterocycles. The lowest BCUT2D eigenvalue weighted by Crippen LogP contribution is -2.08. The highest BCUT2D eigenvalue weighted by Crippen LogP contribution is 2.24. The quantitative estimate of drug-likeness (QED) is 0.488. The fraction of sp³-hybridized carbons (Fsp3) is 0.0476. The molecular formula is C21H15ClN6. The van der Waals surface area contributed by atoms with Crippen molar-refractivity contribution in [3.63, 3.8) is 0 Å². The largest absolute Gasteiger partial charge is 0.350 e. The Kier molecular flexibility index (Phi) is 4.10. The molecule has 0 aliphatic heterocycles. The number of hydrogen-bond donors (Lipinski definition) is 1. The molecule has 0 bridgehead atoms. The summed E-state index contributed by atoms with van der Waals surface area (Å²) >= 11 is 5.97. The van der Waals surface area contributed by atoms with Gasteiger partial charge in [0.1, 0.15) is 0 Å². The Balaban J connectivity index is 1.62. The van der Waals surface area contributed by atoms with Crippen molar-refractivity contribution in [1.82, 2.24) is 24.6 Å². The maximum absolute atomic E-state index is 5.97. The van der Waals surface area contributed by atoms with E-state index in [9.17, 15) is 0 Å². The number of aromatic nitrogens is 5. The molecule has 0 spiro atoms. The van der Waals surface area contributed by atoms with Crippen molar-refractivity contribution in [1.29, 1.82) is 0 Å². The monoisotopic (exact) mass is 386 g/mol. The number of nitrogens with zero attached hydrogens (tertiary/aromatic N) is 5. The molecular weight excluding hydrogens is 372 g/mol.